The monoisotopic (exact) mass is 307 g/mol. The molecule has 0 spiro atoms. The van der Waals surface area contributed by atoms with Crippen molar-refractivity contribution in [3.05, 3.63) is 29.6 Å². The fraction of sp³-hybridized carbons (Fsp3) is 0.333. The van der Waals surface area contributed by atoms with Gasteiger partial charge >= 0.3 is 6.18 Å². The fourth-order valence-corrected chi connectivity index (χ4v) is 1.50. The van der Waals surface area contributed by atoms with Gasteiger partial charge in [-0.05, 0) is 18.2 Å². The van der Waals surface area contributed by atoms with Gasteiger partial charge in [-0.15, -0.1) is 0 Å². The molecule has 1 aromatic carbocycles. The number of rotatable bonds is 4. The summed E-state index contributed by atoms with van der Waals surface area (Å²) in [5.41, 5.74) is 5.30. The van der Waals surface area contributed by atoms with Gasteiger partial charge in [0.15, 0.2) is 0 Å². The first-order valence-electron chi connectivity index (χ1n) is 5.73. The predicted molar refractivity (Wildman–Crippen MR) is 66.8 cm³/mol. The van der Waals surface area contributed by atoms with Crippen molar-refractivity contribution < 1.29 is 27.2 Å². The fourth-order valence-electron chi connectivity index (χ4n) is 1.50. The highest BCUT2D eigenvalue weighted by atomic mass is 19.4. The molecule has 3 N–H and O–H groups in total. The van der Waals surface area contributed by atoms with Crippen LogP contribution >= 0.6 is 0 Å². The van der Waals surface area contributed by atoms with Gasteiger partial charge in [-0.25, -0.2) is 4.39 Å². The third-order valence-corrected chi connectivity index (χ3v) is 2.38. The zero-order valence-corrected chi connectivity index (χ0v) is 11.0. The van der Waals surface area contributed by atoms with Gasteiger partial charge in [0, 0.05) is 18.3 Å². The maximum absolute atomic E-state index is 13.1. The molecule has 0 fully saturated rings. The van der Waals surface area contributed by atoms with Gasteiger partial charge in [0.2, 0.25) is 5.91 Å². The Balaban J connectivity index is 2.64. The zero-order chi connectivity index (χ0) is 16.2. The van der Waals surface area contributed by atoms with E-state index in [4.69, 9.17) is 5.73 Å². The van der Waals surface area contributed by atoms with Crippen LogP contribution in [-0.2, 0) is 4.79 Å². The molecule has 0 heterocycles. The molecule has 0 unspecified atom stereocenters. The van der Waals surface area contributed by atoms with E-state index < -0.39 is 36.9 Å². The van der Waals surface area contributed by atoms with Crippen LogP contribution in [0.1, 0.15) is 10.4 Å². The number of carbonyl (C=O) groups is 2. The van der Waals surface area contributed by atoms with E-state index in [1.54, 1.807) is 5.32 Å². The summed E-state index contributed by atoms with van der Waals surface area (Å²) >= 11 is 0. The number of nitrogens with zero attached hydrogens (tertiary/aromatic N) is 1. The Morgan fingerprint density at radius 3 is 2.43 bits per heavy atom. The van der Waals surface area contributed by atoms with Crippen LogP contribution in [0, 0.1) is 5.82 Å². The van der Waals surface area contributed by atoms with Gasteiger partial charge in [-0.2, -0.15) is 13.2 Å². The summed E-state index contributed by atoms with van der Waals surface area (Å²) in [5, 5.41) is 1.63. The van der Waals surface area contributed by atoms with Crippen molar-refractivity contribution in [2.45, 2.75) is 6.18 Å². The first-order valence-corrected chi connectivity index (χ1v) is 5.73. The number of benzene rings is 1. The Morgan fingerprint density at radius 2 is 1.90 bits per heavy atom. The van der Waals surface area contributed by atoms with Crippen molar-refractivity contribution >= 4 is 17.5 Å². The van der Waals surface area contributed by atoms with Crippen LogP contribution in [0.2, 0.25) is 0 Å². The lowest BCUT2D eigenvalue weighted by molar-refractivity contribution is -0.138. The molecule has 0 aliphatic rings. The zero-order valence-electron chi connectivity index (χ0n) is 11.0. The second kappa shape index (κ2) is 6.42. The van der Waals surface area contributed by atoms with Gasteiger partial charge in [0.05, 0.1) is 6.54 Å². The Hall–Kier alpha value is -2.32. The number of nitrogen functional groups attached to an aromatic ring is 1. The quantitative estimate of drug-likeness (QED) is 0.647. The second-order valence-electron chi connectivity index (χ2n) is 4.33. The van der Waals surface area contributed by atoms with Crippen molar-refractivity contribution in [1.29, 1.82) is 0 Å². The highest BCUT2D eigenvalue weighted by Crippen LogP contribution is 2.13. The topological polar surface area (TPSA) is 75.4 Å². The SMILES string of the molecule is CN(CC(=O)NCC(F)(F)F)C(=O)c1cc(N)cc(F)c1. The van der Waals surface area contributed by atoms with Crippen LogP contribution in [0.4, 0.5) is 23.2 Å². The van der Waals surface area contributed by atoms with Crippen molar-refractivity contribution in [3.63, 3.8) is 0 Å². The van der Waals surface area contributed by atoms with Gasteiger partial charge < -0.3 is 16.0 Å². The molecule has 1 rings (SSSR count). The summed E-state index contributed by atoms with van der Waals surface area (Å²) < 4.78 is 48.9. The van der Waals surface area contributed by atoms with Gasteiger partial charge in [-0.3, -0.25) is 9.59 Å². The Kier molecular flexibility index (Phi) is 5.12. The van der Waals surface area contributed by atoms with Crippen molar-refractivity contribution in [2.24, 2.45) is 0 Å². The molecule has 9 heteroatoms. The molecule has 2 amide bonds. The average molecular weight is 307 g/mol. The number of hydrogen-bond acceptors (Lipinski definition) is 3. The third-order valence-electron chi connectivity index (χ3n) is 2.38. The number of anilines is 1. The number of nitrogens with one attached hydrogen (secondary N) is 1. The molecular formula is C12H13F4N3O2. The summed E-state index contributed by atoms with van der Waals surface area (Å²) in [6, 6.07) is 3.13. The minimum Gasteiger partial charge on any atom is -0.399 e. The molecule has 5 nitrogen and oxygen atoms in total. The molecule has 0 aromatic heterocycles. The van der Waals surface area contributed by atoms with Crippen molar-refractivity contribution in [1.82, 2.24) is 10.2 Å². The minimum atomic E-state index is -4.53. The Morgan fingerprint density at radius 1 is 1.29 bits per heavy atom. The Labute approximate surface area is 117 Å². The highest BCUT2D eigenvalue weighted by molar-refractivity contribution is 5.97. The summed E-state index contributed by atoms with van der Waals surface area (Å²) in [7, 11) is 1.20. The number of carbonyl (C=O) groups excluding carboxylic acids is 2. The lowest BCUT2D eigenvalue weighted by Crippen LogP contribution is -2.41. The van der Waals surface area contributed by atoms with Gasteiger partial charge in [0.25, 0.3) is 5.91 Å². The number of nitrogens with two attached hydrogens (primary N) is 1. The molecular weight excluding hydrogens is 294 g/mol. The van der Waals surface area contributed by atoms with E-state index in [1.165, 1.54) is 13.1 Å². The first kappa shape index (κ1) is 16.7. The largest absolute Gasteiger partial charge is 0.405 e. The molecule has 0 saturated carbocycles. The predicted octanol–water partition coefficient (Wildman–Crippen LogP) is 1.16. The summed E-state index contributed by atoms with van der Waals surface area (Å²) in [6.45, 7) is -2.08. The van der Waals surface area contributed by atoms with E-state index in [0.29, 0.717) is 0 Å². The van der Waals surface area contributed by atoms with Crippen molar-refractivity contribution in [2.75, 3.05) is 25.9 Å². The van der Waals surface area contributed by atoms with E-state index >= 15 is 0 Å². The maximum atomic E-state index is 13.1. The second-order valence-corrected chi connectivity index (χ2v) is 4.33. The molecule has 21 heavy (non-hydrogen) atoms. The summed E-state index contributed by atoms with van der Waals surface area (Å²) in [5.74, 6) is -2.44. The average Bonchev–Trinajstić information content (AvgIpc) is 2.33. The third kappa shape index (κ3) is 5.67. The van der Waals surface area contributed by atoms with E-state index in [2.05, 4.69) is 0 Å². The summed E-state index contributed by atoms with van der Waals surface area (Å²) in [4.78, 5) is 24.0. The van der Waals surface area contributed by atoms with Gasteiger partial charge in [-0.1, -0.05) is 0 Å². The number of amides is 2. The molecule has 0 aliphatic heterocycles. The molecule has 0 aliphatic carbocycles. The normalized spacial score (nSPS) is 11.1. The van der Waals surface area contributed by atoms with Gasteiger partial charge in [0.1, 0.15) is 12.4 Å². The number of likely N-dealkylation sites (N-methyl/N-ethyl adjacent to an activating group) is 1. The van der Waals surface area contributed by atoms with E-state index in [9.17, 15) is 27.2 Å². The minimum absolute atomic E-state index is 0.0215. The number of hydrogen-bond donors (Lipinski definition) is 2. The molecule has 116 valence electrons. The van der Waals surface area contributed by atoms with Crippen LogP contribution in [0.15, 0.2) is 18.2 Å². The molecule has 1 aromatic rings. The smallest absolute Gasteiger partial charge is 0.399 e. The molecule has 0 atom stereocenters. The van der Waals surface area contributed by atoms with E-state index in [1.807, 2.05) is 0 Å². The number of alkyl halides is 3. The van der Waals surface area contributed by atoms with Crippen LogP contribution in [0.3, 0.4) is 0 Å². The van der Waals surface area contributed by atoms with Crippen LogP contribution in [0.5, 0.6) is 0 Å². The lowest BCUT2D eigenvalue weighted by Gasteiger charge is -2.17. The van der Waals surface area contributed by atoms with Crippen LogP contribution in [-0.4, -0.2) is 43.0 Å². The molecule has 0 bridgehead atoms. The van der Waals surface area contributed by atoms with Crippen molar-refractivity contribution in [3.8, 4) is 0 Å². The van der Waals surface area contributed by atoms with Crippen LogP contribution in [0.25, 0.3) is 0 Å². The molecule has 0 saturated heterocycles. The Bertz CT molecular complexity index is 526. The summed E-state index contributed by atoms with van der Waals surface area (Å²) in [6.07, 6.45) is -4.53. The van der Waals surface area contributed by atoms with Crippen LogP contribution < -0.4 is 11.1 Å². The van der Waals surface area contributed by atoms with E-state index in [-0.39, 0.29) is 11.3 Å². The van der Waals surface area contributed by atoms with E-state index in [0.717, 1.165) is 17.0 Å². The lowest BCUT2D eigenvalue weighted by atomic mass is 10.1. The standard InChI is InChI=1S/C12H13F4N3O2/c1-19(5-10(20)18-6-12(14,15)16)11(21)7-2-8(13)4-9(17)3-7/h2-4H,5-6,17H2,1H3,(H,18,20). The molecule has 0 radical (unpaired) electrons. The first-order chi connectivity index (χ1) is 9.58. The highest BCUT2D eigenvalue weighted by Gasteiger charge is 2.28. The maximum Gasteiger partial charge on any atom is 0.405 e. The number of halogens is 4.